The minimum atomic E-state index is 0.243. The van der Waals surface area contributed by atoms with Crippen LogP contribution < -0.4 is 5.32 Å². The van der Waals surface area contributed by atoms with Gasteiger partial charge in [-0.3, -0.25) is 4.79 Å². The summed E-state index contributed by atoms with van der Waals surface area (Å²) < 4.78 is 0. The van der Waals surface area contributed by atoms with Crippen molar-refractivity contribution in [1.82, 2.24) is 5.32 Å². The topological polar surface area (TPSA) is 29.1 Å². The minimum Gasteiger partial charge on any atom is -0.356 e. The van der Waals surface area contributed by atoms with Crippen LogP contribution in [0.2, 0.25) is 0 Å². The molecule has 1 N–H and O–H groups in total. The van der Waals surface area contributed by atoms with Gasteiger partial charge in [0.2, 0.25) is 5.91 Å². The third-order valence-electron chi connectivity index (χ3n) is 3.54. The van der Waals surface area contributed by atoms with Gasteiger partial charge >= 0.3 is 0 Å². The lowest BCUT2D eigenvalue weighted by molar-refractivity contribution is -0.125. The van der Waals surface area contributed by atoms with Gasteiger partial charge in [-0.25, -0.2) is 0 Å². The van der Waals surface area contributed by atoms with Gasteiger partial charge in [-0.1, -0.05) is 27.2 Å². The van der Waals surface area contributed by atoms with Crippen LogP contribution in [0, 0.1) is 17.8 Å². The summed E-state index contributed by atoms with van der Waals surface area (Å²) in [5, 5.41) is 3.10. The molecule has 1 amide bonds. The molecule has 0 radical (unpaired) electrons. The molecule has 88 valence electrons. The maximum absolute atomic E-state index is 11.8. The third-order valence-corrected chi connectivity index (χ3v) is 3.54. The van der Waals surface area contributed by atoms with Crippen LogP contribution >= 0.6 is 0 Å². The van der Waals surface area contributed by atoms with Crippen LogP contribution in [0.4, 0.5) is 0 Å². The molecule has 1 aliphatic carbocycles. The molecule has 1 atom stereocenters. The second-order valence-electron chi connectivity index (χ2n) is 5.08. The summed E-state index contributed by atoms with van der Waals surface area (Å²) >= 11 is 0. The maximum atomic E-state index is 11.8. The lowest BCUT2D eigenvalue weighted by atomic mass is 9.76. The molecule has 0 aliphatic heterocycles. The minimum absolute atomic E-state index is 0.243. The summed E-state index contributed by atoms with van der Waals surface area (Å²) in [6.45, 7) is 7.43. The van der Waals surface area contributed by atoms with Crippen molar-refractivity contribution in [3.8, 4) is 0 Å². The van der Waals surface area contributed by atoms with Crippen molar-refractivity contribution < 1.29 is 4.79 Å². The highest BCUT2D eigenvalue weighted by Gasteiger charge is 2.26. The van der Waals surface area contributed by atoms with E-state index in [0.717, 1.165) is 37.6 Å². The molecule has 1 aliphatic rings. The quantitative estimate of drug-likeness (QED) is 0.719. The predicted octanol–water partition coefficient (Wildman–Crippen LogP) is 2.98. The number of carbonyl (C=O) groups excluding carboxylic acids is 1. The van der Waals surface area contributed by atoms with Crippen molar-refractivity contribution in [2.24, 2.45) is 17.8 Å². The molecule has 0 heterocycles. The van der Waals surface area contributed by atoms with E-state index >= 15 is 0 Å². The van der Waals surface area contributed by atoms with E-state index in [-0.39, 0.29) is 11.8 Å². The number of amides is 1. The lowest BCUT2D eigenvalue weighted by Crippen LogP contribution is -2.38. The Hall–Kier alpha value is -0.530. The molecule has 1 fully saturated rings. The van der Waals surface area contributed by atoms with Gasteiger partial charge in [-0.2, -0.15) is 0 Å². The number of nitrogens with one attached hydrogen (secondary N) is 1. The molecule has 0 bridgehead atoms. The third kappa shape index (κ3) is 3.84. The molecule has 1 saturated carbocycles. The fourth-order valence-electron chi connectivity index (χ4n) is 2.49. The number of hydrogen-bond acceptors (Lipinski definition) is 1. The van der Waals surface area contributed by atoms with Gasteiger partial charge in [0, 0.05) is 12.5 Å². The summed E-state index contributed by atoms with van der Waals surface area (Å²) in [6.07, 6.45) is 5.70. The summed E-state index contributed by atoms with van der Waals surface area (Å²) in [5.41, 5.74) is 0. The molecular formula is C13H25NO. The van der Waals surface area contributed by atoms with Gasteiger partial charge in [-0.15, -0.1) is 0 Å². The second-order valence-corrected chi connectivity index (χ2v) is 5.08. The average Bonchev–Trinajstić information content (AvgIpc) is 2.18. The molecule has 2 heteroatoms. The van der Waals surface area contributed by atoms with E-state index in [0.29, 0.717) is 0 Å². The van der Waals surface area contributed by atoms with Gasteiger partial charge in [-0.05, 0) is 37.5 Å². The summed E-state index contributed by atoms with van der Waals surface area (Å²) in [7, 11) is 0. The van der Waals surface area contributed by atoms with E-state index in [9.17, 15) is 4.79 Å². The predicted molar refractivity (Wildman–Crippen MR) is 63.6 cm³/mol. The molecule has 0 aromatic rings. The number of hydrogen-bond donors (Lipinski definition) is 1. The van der Waals surface area contributed by atoms with E-state index < -0.39 is 0 Å². The molecule has 0 saturated heterocycles. The van der Waals surface area contributed by atoms with E-state index in [2.05, 4.69) is 26.1 Å². The van der Waals surface area contributed by atoms with Crippen LogP contribution in [0.15, 0.2) is 0 Å². The van der Waals surface area contributed by atoms with Gasteiger partial charge in [0.15, 0.2) is 0 Å². The highest BCUT2D eigenvalue weighted by molar-refractivity contribution is 5.78. The Labute approximate surface area is 93.8 Å². The first-order chi connectivity index (χ1) is 7.17. The van der Waals surface area contributed by atoms with Crippen LogP contribution in [0.3, 0.4) is 0 Å². The zero-order valence-corrected chi connectivity index (χ0v) is 10.4. The fraction of sp³-hybridized carbons (Fsp3) is 0.923. The molecule has 2 nitrogen and oxygen atoms in total. The standard InChI is InChI=1S/C13H25NO/c1-4-6-12(5-2)13(15)14-9-11-7-10(3)8-11/h10-12H,4-9H2,1-3H3,(H,14,15). The van der Waals surface area contributed by atoms with Crippen molar-refractivity contribution in [3.05, 3.63) is 0 Å². The molecule has 0 aromatic carbocycles. The molecule has 1 rings (SSSR count). The van der Waals surface area contributed by atoms with Crippen LogP contribution in [-0.2, 0) is 4.79 Å². The highest BCUT2D eigenvalue weighted by Crippen LogP contribution is 2.32. The fourth-order valence-corrected chi connectivity index (χ4v) is 2.49. The Morgan fingerprint density at radius 1 is 1.40 bits per heavy atom. The van der Waals surface area contributed by atoms with Gasteiger partial charge < -0.3 is 5.32 Å². The monoisotopic (exact) mass is 211 g/mol. The van der Waals surface area contributed by atoms with E-state index in [1.54, 1.807) is 0 Å². The first-order valence-electron chi connectivity index (χ1n) is 6.45. The zero-order valence-electron chi connectivity index (χ0n) is 10.4. The maximum Gasteiger partial charge on any atom is 0.223 e. The van der Waals surface area contributed by atoms with Crippen LogP contribution in [0.5, 0.6) is 0 Å². The van der Waals surface area contributed by atoms with Crippen molar-refractivity contribution in [1.29, 1.82) is 0 Å². The molecule has 0 aromatic heterocycles. The van der Waals surface area contributed by atoms with Crippen LogP contribution in [-0.4, -0.2) is 12.5 Å². The number of rotatable bonds is 6. The van der Waals surface area contributed by atoms with Crippen LogP contribution in [0.25, 0.3) is 0 Å². The lowest BCUT2D eigenvalue weighted by Gasteiger charge is -2.33. The Balaban J connectivity index is 2.16. The highest BCUT2D eigenvalue weighted by atomic mass is 16.1. The summed E-state index contributed by atoms with van der Waals surface area (Å²) in [5.74, 6) is 2.15. The van der Waals surface area contributed by atoms with Gasteiger partial charge in [0.1, 0.15) is 0 Å². The van der Waals surface area contributed by atoms with Gasteiger partial charge in [0.25, 0.3) is 0 Å². The second kappa shape index (κ2) is 6.14. The van der Waals surface area contributed by atoms with Gasteiger partial charge in [0.05, 0.1) is 0 Å². The normalized spacial score (nSPS) is 26.9. The first kappa shape index (κ1) is 12.5. The van der Waals surface area contributed by atoms with Crippen molar-refractivity contribution in [2.45, 2.75) is 52.9 Å². The van der Waals surface area contributed by atoms with Crippen LogP contribution in [0.1, 0.15) is 52.9 Å². The van der Waals surface area contributed by atoms with E-state index in [4.69, 9.17) is 0 Å². The Morgan fingerprint density at radius 2 is 2.07 bits per heavy atom. The summed E-state index contributed by atoms with van der Waals surface area (Å²) in [6, 6.07) is 0. The molecule has 0 spiro atoms. The zero-order chi connectivity index (χ0) is 11.3. The Kier molecular flexibility index (Phi) is 5.13. The van der Waals surface area contributed by atoms with E-state index in [1.807, 2.05) is 0 Å². The van der Waals surface area contributed by atoms with E-state index in [1.165, 1.54) is 12.8 Å². The van der Waals surface area contributed by atoms with Crippen molar-refractivity contribution in [3.63, 3.8) is 0 Å². The van der Waals surface area contributed by atoms with Crippen molar-refractivity contribution >= 4 is 5.91 Å². The molecule has 1 unspecified atom stereocenters. The molecular weight excluding hydrogens is 186 g/mol. The average molecular weight is 211 g/mol. The smallest absolute Gasteiger partial charge is 0.223 e. The van der Waals surface area contributed by atoms with Crippen molar-refractivity contribution in [2.75, 3.05) is 6.54 Å². The number of carbonyl (C=O) groups is 1. The summed E-state index contributed by atoms with van der Waals surface area (Å²) in [4.78, 5) is 11.8. The SMILES string of the molecule is CCCC(CC)C(=O)NCC1CC(C)C1. The first-order valence-corrected chi connectivity index (χ1v) is 6.45. The molecule has 15 heavy (non-hydrogen) atoms. The Bertz CT molecular complexity index is 197. The largest absolute Gasteiger partial charge is 0.356 e. The Morgan fingerprint density at radius 3 is 2.53 bits per heavy atom.